The number of ether oxygens (including phenoxy) is 1. The molecule has 1 aromatic heterocycles. The van der Waals surface area contributed by atoms with E-state index in [1.165, 1.54) is 19.3 Å². The lowest BCUT2D eigenvalue weighted by molar-refractivity contribution is 0.0303. The van der Waals surface area contributed by atoms with Crippen molar-refractivity contribution in [3.63, 3.8) is 0 Å². The van der Waals surface area contributed by atoms with E-state index in [0.29, 0.717) is 24.5 Å². The van der Waals surface area contributed by atoms with E-state index in [2.05, 4.69) is 9.88 Å². The van der Waals surface area contributed by atoms with Gasteiger partial charge in [-0.25, -0.2) is 4.79 Å². The zero-order valence-corrected chi connectivity index (χ0v) is 17.0. The number of carbonyl (C=O) groups is 1. The van der Waals surface area contributed by atoms with E-state index in [4.69, 9.17) is 4.74 Å². The second kappa shape index (κ2) is 7.87. The van der Waals surface area contributed by atoms with Crippen LogP contribution in [0.15, 0.2) is 18.3 Å². The van der Waals surface area contributed by atoms with Crippen LogP contribution in [0.2, 0.25) is 0 Å². The molecule has 2 aliphatic heterocycles. The molecule has 154 valence electrons. The van der Waals surface area contributed by atoms with Gasteiger partial charge in [0.05, 0.1) is 25.0 Å². The lowest BCUT2D eigenvalue weighted by Crippen LogP contribution is -2.60. The van der Waals surface area contributed by atoms with Crippen LogP contribution in [0.25, 0.3) is 0 Å². The number of amides is 2. The summed E-state index contributed by atoms with van der Waals surface area (Å²) in [7, 11) is 0. The lowest BCUT2D eigenvalue weighted by atomic mass is 9.91. The molecule has 28 heavy (non-hydrogen) atoms. The first-order valence-electron chi connectivity index (χ1n) is 10.5. The normalized spacial score (nSPS) is 22.4. The zero-order valence-electron chi connectivity index (χ0n) is 17.0. The van der Waals surface area contributed by atoms with Crippen molar-refractivity contribution in [2.75, 3.05) is 39.3 Å². The number of pyridine rings is 1. The molecule has 0 bridgehead atoms. The Morgan fingerprint density at radius 1 is 1.11 bits per heavy atom. The minimum absolute atomic E-state index is 0.0113. The third kappa shape index (κ3) is 4.25. The summed E-state index contributed by atoms with van der Waals surface area (Å²) in [5.41, 5.74) is -0.345. The first-order valence-corrected chi connectivity index (χ1v) is 10.5. The fourth-order valence-corrected chi connectivity index (χ4v) is 4.12. The predicted molar refractivity (Wildman–Crippen MR) is 106 cm³/mol. The molecule has 0 radical (unpaired) electrons. The molecule has 0 aromatic carbocycles. The van der Waals surface area contributed by atoms with Gasteiger partial charge in [-0.3, -0.25) is 9.88 Å². The van der Waals surface area contributed by atoms with Crippen LogP contribution in [0, 0.1) is 0 Å². The molecule has 3 aliphatic rings. The molecule has 7 nitrogen and oxygen atoms in total. The molecule has 0 unspecified atom stereocenters. The smallest absolute Gasteiger partial charge is 0.320 e. The Bertz CT molecular complexity index is 678. The highest BCUT2D eigenvalue weighted by Gasteiger charge is 2.36. The van der Waals surface area contributed by atoms with E-state index in [9.17, 15) is 9.90 Å². The van der Waals surface area contributed by atoms with Crippen LogP contribution in [0.4, 0.5) is 4.79 Å². The maximum Gasteiger partial charge on any atom is 0.320 e. The number of rotatable bonds is 4. The molecule has 2 amide bonds. The summed E-state index contributed by atoms with van der Waals surface area (Å²) in [6.45, 7) is 8.46. The van der Waals surface area contributed by atoms with Gasteiger partial charge in [-0.1, -0.05) is 6.42 Å². The summed E-state index contributed by atoms with van der Waals surface area (Å²) < 4.78 is 5.92. The average molecular weight is 389 g/mol. The molecule has 3 heterocycles. The summed E-state index contributed by atoms with van der Waals surface area (Å²) in [6.07, 6.45) is 6.72. The van der Waals surface area contributed by atoms with E-state index < -0.39 is 5.60 Å². The van der Waals surface area contributed by atoms with Gasteiger partial charge in [-0.15, -0.1) is 0 Å². The molecule has 0 atom stereocenters. The first kappa shape index (κ1) is 19.5. The Labute approximate surface area is 167 Å². The minimum Gasteiger partial charge on any atom is -0.485 e. The van der Waals surface area contributed by atoms with Gasteiger partial charge in [-0.05, 0) is 45.2 Å². The van der Waals surface area contributed by atoms with Crippen molar-refractivity contribution in [3.05, 3.63) is 24.0 Å². The average Bonchev–Trinajstić information content (AvgIpc) is 2.81. The minimum atomic E-state index is -0.959. The molecular formula is C21H32N4O3. The maximum absolute atomic E-state index is 12.8. The van der Waals surface area contributed by atoms with E-state index in [0.717, 1.165) is 38.6 Å². The van der Waals surface area contributed by atoms with E-state index in [-0.39, 0.29) is 12.1 Å². The van der Waals surface area contributed by atoms with Crippen LogP contribution in [-0.4, -0.2) is 82.2 Å². The number of urea groups is 1. The lowest BCUT2D eigenvalue weighted by Gasteiger charge is -2.41. The third-order valence-electron chi connectivity index (χ3n) is 6.18. The van der Waals surface area contributed by atoms with Gasteiger partial charge in [0, 0.05) is 32.2 Å². The van der Waals surface area contributed by atoms with Gasteiger partial charge >= 0.3 is 6.03 Å². The summed E-state index contributed by atoms with van der Waals surface area (Å²) in [6, 6.07) is 4.51. The number of likely N-dealkylation sites (tertiary alicyclic amines) is 1. The van der Waals surface area contributed by atoms with Crippen LogP contribution in [-0.2, 0) is 5.60 Å². The van der Waals surface area contributed by atoms with Gasteiger partial charge in [0.2, 0.25) is 0 Å². The molecule has 2 saturated heterocycles. The number of aromatic nitrogens is 1. The summed E-state index contributed by atoms with van der Waals surface area (Å²) in [4.78, 5) is 23.5. The van der Waals surface area contributed by atoms with Crippen LogP contribution in [0.5, 0.6) is 5.75 Å². The predicted octanol–water partition coefficient (Wildman–Crippen LogP) is 2.05. The van der Waals surface area contributed by atoms with Crippen molar-refractivity contribution in [2.45, 2.75) is 57.3 Å². The van der Waals surface area contributed by atoms with Crippen LogP contribution < -0.4 is 4.74 Å². The molecule has 1 aromatic rings. The molecule has 1 N–H and O–H groups in total. The summed E-state index contributed by atoms with van der Waals surface area (Å²) >= 11 is 0. The molecule has 0 spiro atoms. The Kier molecular flexibility index (Phi) is 5.47. The van der Waals surface area contributed by atoms with E-state index in [1.807, 2.05) is 15.9 Å². The van der Waals surface area contributed by atoms with Crippen molar-refractivity contribution < 1.29 is 14.6 Å². The second-order valence-corrected chi connectivity index (χ2v) is 8.83. The number of hydrogen-bond donors (Lipinski definition) is 1. The quantitative estimate of drug-likeness (QED) is 0.855. The van der Waals surface area contributed by atoms with E-state index in [1.54, 1.807) is 26.1 Å². The van der Waals surface area contributed by atoms with Crippen molar-refractivity contribution in [1.82, 2.24) is 19.7 Å². The number of carbonyl (C=O) groups excluding carboxylic acids is 1. The van der Waals surface area contributed by atoms with Crippen molar-refractivity contribution in [2.24, 2.45) is 0 Å². The van der Waals surface area contributed by atoms with Gasteiger partial charge in [-0.2, -0.15) is 0 Å². The molecule has 1 saturated carbocycles. The fourth-order valence-electron chi connectivity index (χ4n) is 4.12. The Balaban J connectivity index is 1.23. The highest BCUT2D eigenvalue weighted by atomic mass is 16.5. The van der Waals surface area contributed by atoms with Crippen LogP contribution in [0.3, 0.4) is 0 Å². The topological polar surface area (TPSA) is 69.1 Å². The SMILES string of the molecule is CC(C)(O)c1ccc(OC2CN(C(=O)N3CCCN(C4CCC4)CC3)C2)cn1. The highest BCUT2D eigenvalue weighted by molar-refractivity contribution is 5.75. The summed E-state index contributed by atoms with van der Waals surface area (Å²) in [5.74, 6) is 0.677. The Morgan fingerprint density at radius 3 is 2.50 bits per heavy atom. The molecule has 4 rings (SSSR count). The first-order chi connectivity index (χ1) is 13.4. The van der Waals surface area contributed by atoms with Crippen LogP contribution >= 0.6 is 0 Å². The van der Waals surface area contributed by atoms with Crippen molar-refractivity contribution in [3.8, 4) is 5.75 Å². The largest absolute Gasteiger partial charge is 0.485 e. The number of nitrogens with zero attached hydrogens (tertiary/aromatic N) is 4. The highest BCUT2D eigenvalue weighted by Crippen LogP contribution is 2.26. The molecular weight excluding hydrogens is 356 g/mol. The van der Waals surface area contributed by atoms with Crippen LogP contribution in [0.1, 0.15) is 45.2 Å². The summed E-state index contributed by atoms with van der Waals surface area (Å²) in [5, 5.41) is 9.97. The zero-order chi connectivity index (χ0) is 19.7. The molecule has 3 fully saturated rings. The monoisotopic (exact) mass is 388 g/mol. The molecule has 1 aliphatic carbocycles. The van der Waals surface area contributed by atoms with Crippen molar-refractivity contribution in [1.29, 1.82) is 0 Å². The third-order valence-corrected chi connectivity index (χ3v) is 6.18. The van der Waals surface area contributed by atoms with Crippen molar-refractivity contribution >= 4 is 6.03 Å². The Hall–Kier alpha value is -1.86. The number of aliphatic hydroxyl groups is 1. The Morgan fingerprint density at radius 2 is 1.89 bits per heavy atom. The molecule has 7 heteroatoms. The van der Waals surface area contributed by atoms with E-state index >= 15 is 0 Å². The van der Waals surface area contributed by atoms with Gasteiger partial charge in [0.15, 0.2) is 0 Å². The second-order valence-electron chi connectivity index (χ2n) is 8.83. The standard InChI is InChI=1S/C21H32N4O3/c1-21(2,27)19-8-7-17(13-22-19)28-18-14-25(15-18)20(26)24-10-4-9-23(11-12-24)16-5-3-6-16/h7-8,13,16,18,27H,3-6,9-12,14-15H2,1-2H3. The van der Waals surface area contributed by atoms with Gasteiger partial charge in [0.1, 0.15) is 17.5 Å². The van der Waals surface area contributed by atoms with Gasteiger partial charge < -0.3 is 19.6 Å². The number of hydrogen-bond acceptors (Lipinski definition) is 5. The fraction of sp³-hybridized carbons (Fsp3) is 0.714. The maximum atomic E-state index is 12.8. The van der Waals surface area contributed by atoms with Gasteiger partial charge in [0.25, 0.3) is 0 Å².